The molecule has 2 aromatic rings. The molecule has 1 aliphatic rings. The van der Waals surface area contributed by atoms with Gasteiger partial charge in [0.25, 0.3) is 10.0 Å². The van der Waals surface area contributed by atoms with Gasteiger partial charge in [-0.15, -0.1) is 0 Å². The molecule has 0 bridgehead atoms. The van der Waals surface area contributed by atoms with Crippen LogP contribution >= 0.6 is 0 Å². The number of aryl methyl sites for hydroxylation is 1. The van der Waals surface area contributed by atoms with Crippen molar-refractivity contribution < 1.29 is 22.4 Å². The molecule has 0 unspecified atom stereocenters. The zero-order valence-corrected chi connectivity index (χ0v) is 16.8. The molecule has 154 valence electrons. The third-order valence-electron chi connectivity index (χ3n) is 4.83. The number of rotatable bonds is 6. The maximum atomic E-state index is 14.5. The van der Waals surface area contributed by atoms with E-state index in [1.54, 1.807) is 17.0 Å². The Kier molecular flexibility index (Phi) is 6.17. The summed E-state index contributed by atoms with van der Waals surface area (Å²) in [6.45, 7) is 2.64. The molecular weight excluding hydrogens is 397 g/mol. The third kappa shape index (κ3) is 4.56. The van der Waals surface area contributed by atoms with E-state index in [-0.39, 0.29) is 10.6 Å². The highest BCUT2D eigenvalue weighted by atomic mass is 32.2. The van der Waals surface area contributed by atoms with Crippen LogP contribution in [0.15, 0.2) is 53.4 Å². The fourth-order valence-electron chi connectivity index (χ4n) is 3.09. The molecular formula is C20H22FN3O4S. The molecule has 1 aliphatic heterocycles. The van der Waals surface area contributed by atoms with E-state index in [0.29, 0.717) is 26.2 Å². The molecule has 0 N–H and O–H groups in total. The molecule has 9 heteroatoms. The summed E-state index contributed by atoms with van der Waals surface area (Å²) in [5, 5.41) is 0. The number of para-hydroxylation sites is 1. The molecule has 3 rings (SSSR count). The highest BCUT2D eigenvalue weighted by Crippen LogP contribution is 2.26. The highest BCUT2D eigenvalue weighted by molar-refractivity contribution is 7.92. The summed E-state index contributed by atoms with van der Waals surface area (Å²) in [6.07, 6.45) is 0.718. The van der Waals surface area contributed by atoms with Gasteiger partial charge in [-0.05, 0) is 31.2 Å². The molecule has 2 aromatic carbocycles. The van der Waals surface area contributed by atoms with E-state index >= 15 is 0 Å². The van der Waals surface area contributed by atoms with Gasteiger partial charge in [-0.1, -0.05) is 29.8 Å². The average molecular weight is 419 g/mol. The third-order valence-corrected chi connectivity index (χ3v) is 6.60. The summed E-state index contributed by atoms with van der Waals surface area (Å²) < 4.78 is 41.8. The number of carbonyl (C=O) groups is 2. The van der Waals surface area contributed by atoms with Crippen molar-refractivity contribution in [3.63, 3.8) is 0 Å². The monoisotopic (exact) mass is 419 g/mol. The van der Waals surface area contributed by atoms with Crippen LogP contribution in [0.25, 0.3) is 0 Å². The SMILES string of the molecule is Cc1ccc(S(=O)(=O)N(CC(=O)N2CCN(C=O)CC2)c2ccccc2F)cc1. The molecule has 0 aromatic heterocycles. The standard InChI is InChI=1S/C20H22FN3O4S/c1-16-6-8-17(9-7-16)29(27,28)24(19-5-3-2-4-18(19)21)14-20(26)23-12-10-22(15-25)11-13-23/h2-9,15H,10-14H2,1H3. The second-order valence-electron chi connectivity index (χ2n) is 6.80. The van der Waals surface area contributed by atoms with Gasteiger partial charge in [-0.25, -0.2) is 12.8 Å². The molecule has 0 saturated carbocycles. The number of anilines is 1. The molecule has 7 nitrogen and oxygen atoms in total. The Morgan fingerprint density at radius 2 is 1.69 bits per heavy atom. The van der Waals surface area contributed by atoms with E-state index in [2.05, 4.69) is 0 Å². The second-order valence-corrected chi connectivity index (χ2v) is 8.66. The zero-order chi connectivity index (χ0) is 21.0. The van der Waals surface area contributed by atoms with Crippen LogP contribution in [0.5, 0.6) is 0 Å². The lowest BCUT2D eigenvalue weighted by atomic mass is 10.2. The van der Waals surface area contributed by atoms with Crippen LogP contribution < -0.4 is 4.31 Å². The molecule has 1 saturated heterocycles. The normalized spacial score (nSPS) is 14.6. The number of sulfonamides is 1. The smallest absolute Gasteiger partial charge is 0.264 e. The number of halogens is 1. The number of carbonyl (C=O) groups excluding carboxylic acids is 2. The van der Waals surface area contributed by atoms with Crippen molar-refractivity contribution in [1.82, 2.24) is 9.80 Å². The molecule has 0 atom stereocenters. The first-order valence-electron chi connectivity index (χ1n) is 9.14. The van der Waals surface area contributed by atoms with E-state index in [4.69, 9.17) is 0 Å². The predicted molar refractivity (Wildman–Crippen MR) is 106 cm³/mol. The van der Waals surface area contributed by atoms with Crippen molar-refractivity contribution in [3.05, 3.63) is 59.9 Å². The maximum Gasteiger partial charge on any atom is 0.264 e. The first-order chi connectivity index (χ1) is 13.8. The van der Waals surface area contributed by atoms with E-state index in [9.17, 15) is 22.4 Å². The van der Waals surface area contributed by atoms with Crippen LogP contribution in [0.4, 0.5) is 10.1 Å². The molecule has 0 radical (unpaired) electrons. The predicted octanol–water partition coefficient (Wildman–Crippen LogP) is 1.63. The van der Waals surface area contributed by atoms with Crippen molar-refractivity contribution in [1.29, 1.82) is 0 Å². The van der Waals surface area contributed by atoms with Gasteiger partial charge >= 0.3 is 0 Å². The Morgan fingerprint density at radius 3 is 2.28 bits per heavy atom. The lowest BCUT2D eigenvalue weighted by molar-refractivity contribution is -0.133. The van der Waals surface area contributed by atoms with Gasteiger partial charge in [0.2, 0.25) is 12.3 Å². The summed E-state index contributed by atoms with van der Waals surface area (Å²) >= 11 is 0. The van der Waals surface area contributed by atoms with Gasteiger partial charge in [-0.3, -0.25) is 13.9 Å². The number of hydrogen-bond donors (Lipinski definition) is 0. The van der Waals surface area contributed by atoms with E-state index < -0.39 is 28.3 Å². The number of benzene rings is 2. The average Bonchev–Trinajstić information content (AvgIpc) is 2.73. The highest BCUT2D eigenvalue weighted by Gasteiger charge is 2.31. The molecule has 0 spiro atoms. The quantitative estimate of drug-likeness (QED) is 0.667. The number of amides is 2. The maximum absolute atomic E-state index is 14.5. The van der Waals surface area contributed by atoms with Crippen molar-refractivity contribution in [3.8, 4) is 0 Å². The summed E-state index contributed by atoms with van der Waals surface area (Å²) in [4.78, 5) is 26.7. The summed E-state index contributed by atoms with van der Waals surface area (Å²) in [5.41, 5.74) is 0.693. The van der Waals surface area contributed by atoms with Gasteiger partial charge in [0.15, 0.2) is 0 Å². The van der Waals surface area contributed by atoms with Crippen molar-refractivity contribution in [2.45, 2.75) is 11.8 Å². The van der Waals surface area contributed by atoms with Crippen LogP contribution in [0.3, 0.4) is 0 Å². The molecule has 2 amide bonds. The van der Waals surface area contributed by atoms with Gasteiger partial charge in [0.05, 0.1) is 10.6 Å². The van der Waals surface area contributed by atoms with Crippen molar-refractivity contribution in [2.24, 2.45) is 0 Å². The summed E-state index contributed by atoms with van der Waals surface area (Å²) in [7, 11) is -4.16. The Morgan fingerprint density at radius 1 is 1.07 bits per heavy atom. The number of piperazine rings is 1. The van der Waals surface area contributed by atoms with Gasteiger partial charge < -0.3 is 9.80 Å². The summed E-state index contributed by atoms with van der Waals surface area (Å²) in [5.74, 6) is -1.18. The van der Waals surface area contributed by atoms with Gasteiger partial charge in [0.1, 0.15) is 12.4 Å². The van der Waals surface area contributed by atoms with E-state index in [0.717, 1.165) is 22.3 Å². The van der Waals surface area contributed by atoms with Crippen molar-refractivity contribution in [2.75, 3.05) is 37.0 Å². The van der Waals surface area contributed by atoms with Crippen molar-refractivity contribution >= 4 is 28.0 Å². The topological polar surface area (TPSA) is 78.0 Å². The Hall–Kier alpha value is -2.94. The lowest BCUT2D eigenvalue weighted by Gasteiger charge is -2.34. The van der Waals surface area contributed by atoms with E-state index in [1.165, 1.54) is 35.2 Å². The van der Waals surface area contributed by atoms with Crippen LogP contribution in [0.2, 0.25) is 0 Å². The first-order valence-corrected chi connectivity index (χ1v) is 10.6. The zero-order valence-electron chi connectivity index (χ0n) is 16.0. The lowest BCUT2D eigenvalue weighted by Crippen LogP contribution is -2.51. The number of hydrogen-bond acceptors (Lipinski definition) is 4. The molecule has 0 aliphatic carbocycles. The van der Waals surface area contributed by atoms with E-state index in [1.807, 2.05) is 6.92 Å². The Bertz CT molecular complexity index is 987. The molecule has 1 fully saturated rings. The van der Waals surface area contributed by atoms with Gasteiger partial charge in [-0.2, -0.15) is 0 Å². The minimum absolute atomic E-state index is 0.0232. The number of nitrogens with zero attached hydrogens (tertiary/aromatic N) is 3. The van der Waals surface area contributed by atoms with Gasteiger partial charge in [0, 0.05) is 26.2 Å². The molecule has 29 heavy (non-hydrogen) atoms. The van der Waals surface area contributed by atoms with Crippen LogP contribution in [0.1, 0.15) is 5.56 Å². The second kappa shape index (κ2) is 8.60. The first kappa shape index (κ1) is 20.8. The Labute approximate surface area is 169 Å². The fraction of sp³-hybridized carbons (Fsp3) is 0.300. The van der Waals surface area contributed by atoms with Crippen LogP contribution in [0, 0.1) is 12.7 Å². The minimum atomic E-state index is -4.16. The fourth-order valence-corrected chi connectivity index (χ4v) is 4.51. The Balaban J connectivity index is 1.92. The van der Waals surface area contributed by atoms with Crippen LogP contribution in [-0.4, -0.2) is 63.3 Å². The molecule has 1 heterocycles. The minimum Gasteiger partial charge on any atom is -0.342 e. The summed E-state index contributed by atoms with van der Waals surface area (Å²) in [6, 6.07) is 11.6. The largest absolute Gasteiger partial charge is 0.342 e. The van der Waals surface area contributed by atoms with Crippen LogP contribution in [-0.2, 0) is 19.6 Å².